The quantitative estimate of drug-likeness (QED) is 0.565. The first-order chi connectivity index (χ1) is 9.58. The smallest absolute Gasteiger partial charge is 0.0904 e. The van der Waals surface area contributed by atoms with Gasteiger partial charge in [-0.3, -0.25) is 10.5 Å². The van der Waals surface area contributed by atoms with Gasteiger partial charge in [-0.25, -0.2) is 5.43 Å². The van der Waals surface area contributed by atoms with Gasteiger partial charge in [-0.15, -0.1) is 0 Å². The Bertz CT molecular complexity index is 600. The maximum atomic E-state index is 6.28. The molecule has 0 fully saturated rings. The Morgan fingerprint density at radius 2 is 2.20 bits per heavy atom. The summed E-state index contributed by atoms with van der Waals surface area (Å²) in [5.41, 5.74) is 4.71. The minimum absolute atomic E-state index is 0.223. The molecule has 0 bridgehead atoms. The fourth-order valence-corrected chi connectivity index (χ4v) is 3.63. The van der Waals surface area contributed by atoms with E-state index < -0.39 is 0 Å². The number of hydrazine groups is 1. The first-order valence-corrected chi connectivity index (χ1v) is 8.17. The molecule has 2 rings (SSSR count). The number of hydrogen-bond acceptors (Lipinski definition) is 3. The van der Waals surface area contributed by atoms with Gasteiger partial charge in [0.1, 0.15) is 0 Å². The lowest BCUT2D eigenvalue weighted by atomic mass is 10.0. The second-order valence-electron chi connectivity index (χ2n) is 4.37. The number of halogens is 3. The lowest BCUT2D eigenvalue weighted by molar-refractivity contribution is 0.520. The Labute approximate surface area is 139 Å². The molecule has 1 unspecified atom stereocenters. The zero-order chi connectivity index (χ0) is 14.7. The number of nitrogens with two attached hydrogens (primary N) is 1. The normalized spacial score (nSPS) is 12.7. The number of benzene rings is 1. The Morgan fingerprint density at radius 3 is 2.80 bits per heavy atom. The van der Waals surface area contributed by atoms with Crippen molar-refractivity contribution < 1.29 is 0 Å². The molecule has 1 aromatic carbocycles. The Hall–Kier alpha value is -0.400. The van der Waals surface area contributed by atoms with E-state index in [-0.39, 0.29) is 6.04 Å². The maximum absolute atomic E-state index is 6.28. The van der Waals surface area contributed by atoms with Crippen LogP contribution in [0, 0.1) is 0 Å². The van der Waals surface area contributed by atoms with Crippen LogP contribution in [0.3, 0.4) is 0 Å². The molecule has 3 N–H and O–H groups in total. The summed E-state index contributed by atoms with van der Waals surface area (Å²) >= 11 is 13.3. The SMILES string of the molecule is CCCn1ncc(Cl)c1C(NN)c1ccc(Br)cc1Br. The molecule has 4 nitrogen and oxygen atoms in total. The van der Waals surface area contributed by atoms with Crippen molar-refractivity contribution in [3.05, 3.63) is 49.6 Å². The Morgan fingerprint density at radius 1 is 1.45 bits per heavy atom. The van der Waals surface area contributed by atoms with E-state index >= 15 is 0 Å². The summed E-state index contributed by atoms with van der Waals surface area (Å²) in [6.45, 7) is 2.90. The van der Waals surface area contributed by atoms with E-state index in [0.717, 1.165) is 33.2 Å². The van der Waals surface area contributed by atoms with E-state index in [9.17, 15) is 0 Å². The lowest BCUT2D eigenvalue weighted by Crippen LogP contribution is -2.31. The third kappa shape index (κ3) is 3.26. The molecular formula is C13H15Br2ClN4. The molecule has 0 aliphatic heterocycles. The third-order valence-corrected chi connectivity index (χ3v) is 4.45. The van der Waals surface area contributed by atoms with E-state index in [1.807, 2.05) is 22.9 Å². The van der Waals surface area contributed by atoms with Crippen molar-refractivity contribution in [3.8, 4) is 0 Å². The van der Waals surface area contributed by atoms with Crippen molar-refractivity contribution in [3.63, 3.8) is 0 Å². The molecule has 20 heavy (non-hydrogen) atoms. The van der Waals surface area contributed by atoms with Crippen LogP contribution in [0.5, 0.6) is 0 Å². The van der Waals surface area contributed by atoms with Gasteiger partial charge in [-0.05, 0) is 24.1 Å². The molecule has 1 atom stereocenters. The van der Waals surface area contributed by atoms with E-state index in [2.05, 4.69) is 49.3 Å². The van der Waals surface area contributed by atoms with Crippen LogP contribution in [0.15, 0.2) is 33.3 Å². The van der Waals surface area contributed by atoms with Crippen LogP contribution in [-0.2, 0) is 6.54 Å². The molecule has 0 radical (unpaired) electrons. The van der Waals surface area contributed by atoms with Crippen molar-refractivity contribution in [1.82, 2.24) is 15.2 Å². The molecule has 0 saturated carbocycles. The fraction of sp³-hybridized carbons (Fsp3) is 0.308. The average molecular weight is 423 g/mol. The topological polar surface area (TPSA) is 55.9 Å². The molecule has 7 heteroatoms. The van der Waals surface area contributed by atoms with Crippen molar-refractivity contribution >= 4 is 43.5 Å². The molecule has 0 saturated heterocycles. The first kappa shape index (κ1) is 16.0. The molecule has 0 spiro atoms. The van der Waals surface area contributed by atoms with Crippen molar-refractivity contribution in [2.75, 3.05) is 0 Å². The van der Waals surface area contributed by atoms with Crippen LogP contribution < -0.4 is 11.3 Å². The summed E-state index contributed by atoms with van der Waals surface area (Å²) in [5.74, 6) is 5.75. The summed E-state index contributed by atoms with van der Waals surface area (Å²) in [5, 5.41) is 4.92. The molecule has 1 heterocycles. The van der Waals surface area contributed by atoms with Crippen molar-refractivity contribution in [2.24, 2.45) is 5.84 Å². The molecule has 0 amide bonds. The molecular weight excluding hydrogens is 407 g/mol. The van der Waals surface area contributed by atoms with E-state index in [0.29, 0.717) is 5.02 Å². The van der Waals surface area contributed by atoms with Crippen LogP contribution in [-0.4, -0.2) is 9.78 Å². The van der Waals surface area contributed by atoms with E-state index in [4.69, 9.17) is 17.4 Å². The van der Waals surface area contributed by atoms with Crippen molar-refractivity contribution in [2.45, 2.75) is 25.9 Å². The van der Waals surface area contributed by atoms with Crippen molar-refractivity contribution in [1.29, 1.82) is 0 Å². The number of aryl methyl sites for hydroxylation is 1. The minimum Gasteiger partial charge on any atom is -0.271 e. The highest BCUT2D eigenvalue weighted by Crippen LogP contribution is 2.33. The number of aromatic nitrogens is 2. The van der Waals surface area contributed by atoms with Crippen LogP contribution in [0.2, 0.25) is 5.02 Å². The molecule has 108 valence electrons. The first-order valence-electron chi connectivity index (χ1n) is 6.20. The molecule has 0 aliphatic rings. The minimum atomic E-state index is -0.223. The maximum Gasteiger partial charge on any atom is 0.0904 e. The number of hydrogen-bond donors (Lipinski definition) is 2. The molecule has 1 aromatic heterocycles. The van der Waals surface area contributed by atoms with Crippen LogP contribution >= 0.6 is 43.5 Å². The zero-order valence-corrected chi connectivity index (χ0v) is 14.8. The van der Waals surface area contributed by atoms with Gasteiger partial charge in [0.2, 0.25) is 0 Å². The highest BCUT2D eigenvalue weighted by Gasteiger charge is 2.22. The van der Waals surface area contributed by atoms with Gasteiger partial charge in [0.05, 0.1) is 23.0 Å². The lowest BCUT2D eigenvalue weighted by Gasteiger charge is -2.20. The Balaban J connectivity index is 2.49. The summed E-state index contributed by atoms with van der Waals surface area (Å²) in [6, 6.07) is 5.73. The highest BCUT2D eigenvalue weighted by atomic mass is 79.9. The highest BCUT2D eigenvalue weighted by molar-refractivity contribution is 9.11. The molecule has 0 aliphatic carbocycles. The van der Waals surface area contributed by atoms with Crippen LogP contribution in [0.25, 0.3) is 0 Å². The number of nitrogens with one attached hydrogen (secondary N) is 1. The summed E-state index contributed by atoms with van der Waals surface area (Å²) < 4.78 is 3.84. The monoisotopic (exact) mass is 420 g/mol. The van der Waals surface area contributed by atoms with Gasteiger partial charge in [0, 0.05) is 15.5 Å². The summed E-state index contributed by atoms with van der Waals surface area (Å²) in [6.07, 6.45) is 2.63. The number of nitrogens with zero attached hydrogens (tertiary/aromatic N) is 2. The summed E-state index contributed by atoms with van der Waals surface area (Å²) in [7, 11) is 0. The van der Waals surface area contributed by atoms with Gasteiger partial charge >= 0.3 is 0 Å². The largest absolute Gasteiger partial charge is 0.271 e. The third-order valence-electron chi connectivity index (χ3n) is 2.98. The van der Waals surface area contributed by atoms with Gasteiger partial charge in [0.25, 0.3) is 0 Å². The van der Waals surface area contributed by atoms with Crippen LogP contribution in [0.4, 0.5) is 0 Å². The Kier molecular flexibility index (Phi) is 5.63. The zero-order valence-electron chi connectivity index (χ0n) is 10.9. The summed E-state index contributed by atoms with van der Waals surface area (Å²) in [4.78, 5) is 0. The van der Waals surface area contributed by atoms with Gasteiger partial charge in [-0.2, -0.15) is 5.10 Å². The van der Waals surface area contributed by atoms with E-state index in [1.54, 1.807) is 6.20 Å². The average Bonchev–Trinajstić information content (AvgIpc) is 2.75. The number of rotatable bonds is 5. The van der Waals surface area contributed by atoms with Gasteiger partial charge < -0.3 is 0 Å². The molecule has 2 aromatic rings. The van der Waals surface area contributed by atoms with Crippen LogP contribution in [0.1, 0.15) is 30.6 Å². The van der Waals surface area contributed by atoms with Gasteiger partial charge in [0.15, 0.2) is 0 Å². The standard InChI is InChI=1S/C13H15Br2ClN4/c1-2-5-20-13(11(16)7-18-20)12(19-17)9-4-3-8(14)6-10(9)15/h3-4,6-7,12,19H,2,5,17H2,1H3. The fourth-order valence-electron chi connectivity index (χ4n) is 2.10. The second kappa shape index (κ2) is 7.04. The predicted octanol–water partition coefficient (Wildman–Crippen LogP) is 4.02. The predicted molar refractivity (Wildman–Crippen MR) is 88.5 cm³/mol. The van der Waals surface area contributed by atoms with Gasteiger partial charge in [-0.1, -0.05) is 56.5 Å². The van der Waals surface area contributed by atoms with E-state index in [1.165, 1.54) is 0 Å². The second-order valence-corrected chi connectivity index (χ2v) is 6.54.